The van der Waals surface area contributed by atoms with Crippen molar-refractivity contribution in [1.29, 1.82) is 5.26 Å². The molecule has 0 bridgehead atoms. The number of aryl methyl sites for hydroxylation is 1. The van der Waals surface area contributed by atoms with E-state index in [-0.39, 0.29) is 30.7 Å². The molecule has 3 amide bonds. The van der Waals surface area contributed by atoms with Crippen LogP contribution in [0.1, 0.15) is 89.0 Å². The number of β-amino-alcohol motifs (C(OH)–C–C–N with tert-alkyl or cyclic N) is 1. The first-order valence-electron chi connectivity index (χ1n) is 25.4. The zero-order valence-corrected chi connectivity index (χ0v) is 45.6. The number of thiazole rings is 1. The number of carbonyl (C=O) groups is 3. The zero-order chi connectivity index (χ0) is 52.9. The van der Waals surface area contributed by atoms with Crippen LogP contribution in [0.5, 0.6) is 17.2 Å². The van der Waals surface area contributed by atoms with Crippen LogP contribution < -0.4 is 30.2 Å². The molecular formula is C55H69Cl2N9O7S. The van der Waals surface area contributed by atoms with Crippen LogP contribution in [-0.4, -0.2) is 132 Å². The summed E-state index contributed by atoms with van der Waals surface area (Å²) in [6, 6.07) is 15.8. The lowest BCUT2D eigenvalue weighted by Crippen LogP contribution is -2.56. The maximum Gasteiger partial charge on any atom is 0.243 e. The summed E-state index contributed by atoms with van der Waals surface area (Å²) in [6.45, 7) is 13.4. The molecule has 74 heavy (non-hydrogen) atoms. The molecule has 0 spiro atoms. The van der Waals surface area contributed by atoms with Gasteiger partial charge in [0.25, 0.3) is 0 Å². The normalized spacial score (nSPS) is 16.5. The molecule has 5 aromatic rings. The first-order valence-corrected chi connectivity index (χ1v) is 27.0. The Balaban J connectivity index is 0.777. The van der Waals surface area contributed by atoms with Gasteiger partial charge in [0.15, 0.2) is 11.5 Å². The predicted octanol–water partition coefficient (Wildman–Crippen LogP) is 9.14. The van der Waals surface area contributed by atoms with Gasteiger partial charge in [-0.25, -0.2) is 4.98 Å². The van der Waals surface area contributed by atoms with E-state index in [9.17, 15) is 24.8 Å². The number of halogens is 2. The minimum Gasteiger partial charge on any atom is -0.495 e. The zero-order valence-electron chi connectivity index (χ0n) is 43.3. The highest BCUT2D eigenvalue weighted by molar-refractivity contribution is 7.13. The van der Waals surface area contributed by atoms with Crippen LogP contribution in [0.3, 0.4) is 0 Å². The van der Waals surface area contributed by atoms with E-state index in [2.05, 4.69) is 36.9 Å². The number of amides is 3. The second-order valence-corrected chi connectivity index (χ2v) is 21.7. The quantitative estimate of drug-likeness (QED) is 0.0453. The second kappa shape index (κ2) is 26.2. The number of unbranched alkanes of at least 4 members (excludes halogenated alkanes) is 4. The average Bonchev–Trinajstić information content (AvgIpc) is 4.01. The van der Waals surface area contributed by atoms with Gasteiger partial charge >= 0.3 is 0 Å². The number of piperazine rings is 1. The van der Waals surface area contributed by atoms with Crippen molar-refractivity contribution in [3.63, 3.8) is 0 Å². The number of aromatic nitrogens is 2. The number of hydrogen-bond acceptors (Lipinski definition) is 14. The van der Waals surface area contributed by atoms with Gasteiger partial charge in [-0.1, -0.05) is 87.5 Å². The number of anilines is 2. The molecule has 3 unspecified atom stereocenters. The number of methoxy groups -OCH3 is 2. The third-order valence-electron chi connectivity index (χ3n) is 13.7. The summed E-state index contributed by atoms with van der Waals surface area (Å²) in [4.78, 5) is 56.6. The fraction of sp³-hybridized carbons (Fsp3) is 0.491. The maximum absolute atomic E-state index is 14.1. The molecule has 3 aromatic carbocycles. The first kappa shape index (κ1) is 56.0. The number of aliphatic hydroxyl groups is 1. The number of ether oxygens (including phenoxy) is 3. The summed E-state index contributed by atoms with van der Waals surface area (Å²) in [6.07, 6.45) is 6.87. The molecule has 16 nitrogen and oxygen atoms in total. The van der Waals surface area contributed by atoms with Crippen LogP contribution in [0.2, 0.25) is 10.0 Å². The molecule has 0 saturated carbocycles. The largest absolute Gasteiger partial charge is 0.495 e. The monoisotopic (exact) mass is 1070 g/mol. The Kier molecular flexibility index (Phi) is 19.8. The first-order chi connectivity index (χ1) is 35.6. The van der Waals surface area contributed by atoms with Gasteiger partial charge in [-0.3, -0.25) is 24.3 Å². The van der Waals surface area contributed by atoms with E-state index in [1.807, 2.05) is 62.4 Å². The number of nitrogens with one attached hydrogen (secondary N) is 3. The van der Waals surface area contributed by atoms with Gasteiger partial charge in [-0.2, -0.15) is 5.26 Å². The van der Waals surface area contributed by atoms with Crippen molar-refractivity contribution in [1.82, 2.24) is 35.3 Å². The van der Waals surface area contributed by atoms with Crippen LogP contribution in [0.4, 0.5) is 11.4 Å². The van der Waals surface area contributed by atoms with Gasteiger partial charge in [0.2, 0.25) is 17.7 Å². The molecule has 0 aliphatic carbocycles. The Bertz CT molecular complexity index is 2770. The highest BCUT2D eigenvalue weighted by Gasteiger charge is 2.43. The SMILES string of the molecule is COc1cc(Nc2c(C#N)cnc3cc(OCCCN4CCN(C(=O)CCCCCCCNC(C(=O)N5CC(O)CC5C(=O)NCc5ccc(-c6scnc6C)cc5)C(C)(C)C)CC4)c(OC)cc23)c(Cl)cc1Cl. The number of carbonyl (C=O) groups excluding carboxylic acids is 3. The van der Waals surface area contributed by atoms with E-state index in [0.717, 1.165) is 79.9 Å². The number of nitriles is 1. The Morgan fingerprint density at radius 3 is 2.34 bits per heavy atom. The van der Waals surface area contributed by atoms with Crippen molar-refractivity contribution in [2.75, 3.05) is 72.0 Å². The number of nitrogens with zero attached hydrogens (tertiary/aromatic N) is 6. The third-order valence-corrected chi connectivity index (χ3v) is 15.3. The van der Waals surface area contributed by atoms with E-state index in [1.165, 1.54) is 13.3 Å². The average molecular weight is 1070 g/mol. The molecule has 2 fully saturated rings. The minimum absolute atomic E-state index is 0.122. The molecule has 2 saturated heterocycles. The Hall–Kier alpha value is -5.74. The molecule has 2 aromatic heterocycles. The van der Waals surface area contributed by atoms with Crippen molar-refractivity contribution in [3.8, 4) is 33.8 Å². The van der Waals surface area contributed by atoms with Gasteiger partial charge < -0.3 is 45.1 Å². The standard InChI is InChI=1S/C55H69Cl2N9O7S/c1-35-51(74-34-62-35)37-16-14-36(15-17-37)31-61-53(69)45-25-39(67)33-66(45)54(70)52(55(2,3)4)59-18-11-9-7-8-10-13-49(68)65-22-20-64(21-23-65)19-12-24-73-48-28-43-40(26-47(48)72-6)50(38(30-58)32-60-43)63-44-29-46(71-5)42(57)27-41(44)56/h14-17,26-29,32,34,39,45,52,59,67H,7-13,18-25,31,33H2,1-6H3,(H,60,63)(H,61,69). The van der Waals surface area contributed by atoms with Crippen LogP contribution in [0.25, 0.3) is 21.3 Å². The van der Waals surface area contributed by atoms with Gasteiger partial charge in [0.05, 0.1) is 81.6 Å². The lowest BCUT2D eigenvalue weighted by molar-refractivity contribution is -0.142. The molecular weight excluding hydrogens is 1000 g/mol. The number of benzene rings is 3. The van der Waals surface area contributed by atoms with Crippen molar-refractivity contribution in [2.45, 2.75) is 104 Å². The predicted molar refractivity (Wildman–Crippen MR) is 292 cm³/mol. The number of pyridine rings is 1. The Morgan fingerprint density at radius 2 is 1.65 bits per heavy atom. The van der Waals surface area contributed by atoms with Crippen molar-refractivity contribution < 1.29 is 33.7 Å². The van der Waals surface area contributed by atoms with Gasteiger partial charge in [0.1, 0.15) is 17.9 Å². The summed E-state index contributed by atoms with van der Waals surface area (Å²) in [5.74, 6) is 1.23. The summed E-state index contributed by atoms with van der Waals surface area (Å²) < 4.78 is 17.3. The van der Waals surface area contributed by atoms with E-state index >= 15 is 0 Å². The highest BCUT2D eigenvalue weighted by atomic mass is 35.5. The van der Waals surface area contributed by atoms with E-state index in [0.29, 0.717) is 94.3 Å². The van der Waals surface area contributed by atoms with Gasteiger partial charge in [0, 0.05) is 82.4 Å². The smallest absolute Gasteiger partial charge is 0.243 e. The fourth-order valence-electron chi connectivity index (χ4n) is 9.53. The molecule has 2 aliphatic heterocycles. The molecule has 3 atom stereocenters. The maximum atomic E-state index is 14.1. The summed E-state index contributed by atoms with van der Waals surface area (Å²) in [5, 5.41) is 31.7. The Morgan fingerprint density at radius 1 is 0.919 bits per heavy atom. The lowest BCUT2D eigenvalue weighted by atomic mass is 9.85. The van der Waals surface area contributed by atoms with E-state index < -0.39 is 23.6 Å². The van der Waals surface area contributed by atoms with Crippen LogP contribution in [-0.2, 0) is 20.9 Å². The molecule has 7 rings (SSSR count). The number of rotatable bonds is 23. The molecule has 19 heteroatoms. The summed E-state index contributed by atoms with van der Waals surface area (Å²) in [7, 11) is 3.08. The topological polar surface area (TPSA) is 195 Å². The van der Waals surface area contributed by atoms with Gasteiger partial charge in [-0.05, 0) is 61.4 Å². The number of fused-ring (bicyclic) bond motifs is 1. The third kappa shape index (κ3) is 14.3. The summed E-state index contributed by atoms with van der Waals surface area (Å²) >= 11 is 14.4. The number of hydrogen-bond donors (Lipinski definition) is 4. The van der Waals surface area contributed by atoms with Crippen molar-refractivity contribution in [2.24, 2.45) is 5.41 Å². The van der Waals surface area contributed by atoms with E-state index in [1.54, 1.807) is 47.6 Å². The van der Waals surface area contributed by atoms with Crippen LogP contribution in [0, 0.1) is 23.7 Å². The minimum atomic E-state index is -0.767. The van der Waals surface area contributed by atoms with Gasteiger partial charge in [-0.15, -0.1) is 11.3 Å². The lowest BCUT2D eigenvalue weighted by Gasteiger charge is -2.35. The van der Waals surface area contributed by atoms with E-state index in [4.69, 9.17) is 37.4 Å². The molecule has 2 aliphatic rings. The molecule has 396 valence electrons. The number of aliphatic hydroxyl groups excluding tert-OH is 1. The van der Waals surface area contributed by atoms with Crippen molar-refractivity contribution in [3.05, 3.63) is 87.1 Å². The molecule has 0 radical (unpaired) electrons. The Labute approximate surface area is 448 Å². The fourth-order valence-corrected chi connectivity index (χ4v) is 10.8. The molecule has 4 N–H and O–H groups in total. The van der Waals surface area contributed by atoms with Crippen molar-refractivity contribution >= 4 is 74.5 Å². The van der Waals surface area contributed by atoms with Crippen LogP contribution >= 0.6 is 34.5 Å². The molecule has 4 heterocycles. The number of likely N-dealkylation sites (tertiary alicyclic amines) is 1. The highest BCUT2D eigenvalue weighted by Crippen LogP contribution is 2.41. The summed E-state index contributed by atoms with van der Waals surface area (Å²) in [5.41, 5.74) is 6.36. The van der Waals surface area contributed by atoms with Crippen LogP contribution in [0.15, 0.2) is 60.2 Å². The second-order valence-electron chi connectivity index (χ2n) is 20.0.